The molecule has 1 heterocycles. The molecule has 7 heteroatoms. The summed E-state index contributed by atoms with van der Waals surface area (Å²) in [7, 11) is -2.62. The summed E-state index contributed by atoms with van der Waals surface area (Å²) in [5, 5.41) is 2.72. The van der Waals surface area contributed by atoms with Crippen molar-refractivity contribution in [3.63, 3.8) is 0 Å². The minimum Gasteiger partial charge on any atom is -0.303 e. The molecule has 0 spiro atoms. The van der Waals surface area contributed by atoms with Crippen LogP contribution >= 0.6 is 0 Å². The Morgan fingerprint density at radius 2 is 1.82 bits per heavy atom. The molecule has 17 heavy (non-hydrogen) atoms. The highest BCUT2D eigenvalue weighted by molar-refractivity contribution is 7.85. The zero-order chi connectivity index (χ0) is 12.6. The van der Waals surface area contributed by atoms with Crippen molar-refractivity contribution in [2.45, 2.75) is 4.90 Å². The van der Waals surface area contributed by atoms with Gasteiger partial charge in [-0.15, -0.1) is 0 Å². The van der Waals surface area contributed by atoms with Gasteiger partial charge in [0.25, 0.3) is 15.7 Å². The number of aromatic amines is 1. The van der Waals surface area contributed by atoms with E-state index in [1.165, 1.54) is 35.1 Å². The van der Waals surface area contributed by atoms with Crippen molar-refractivity contribution in [2.24, 2.45) is 7.05 Å². The van der Waals surface area contributed by atoms with Crippen LogP contribution in [-0.4, -0.2) is 22.8 Å². The number of nitrogens with one attached hydrogen (secondary N) is 1. The molecular formula is C10H10N2O4S. The molecule has 2 rings (SSSR count). The van der Waals surface area contributed by atoms with E-state index in [4.69, 9.17) is 4.55 Å². The lowest BCUT2D eigenvalue weighted by atomic mass is 10.1. The fourth-order valence-electron chi connectivity index (χ4n) is 1.48. The number of benzene rings is 1. The number of hydrogen-bond acceptors (Lipinski definition) is 3. The van der Waals surface area contributed by atoms with E-state index >= 15 is 0 Å². The summed E-state index contributed by atoms with van der Waals surface area (Å²) >= 11 is 0. The van der Waals surface area contributed by atoms with Crippen molar-refractivity contribution in [3.8, 4) is 11.1 Å². The first-order valence-electron chi connectivity index (χ1n) is 4.72. The van der Waals surface area contributed by atoms with Crippen LogP contribution in [0.4, 0.5) is 0 Å². The van der Waals surface area contributed by atoms with Gasteiger partial charge < -0.3 is 5.10 Å². The van der Waals surface area contributed by atoms with Gasteiger partial charge in [0.15, 0.2) is 0 Å². The molecule has 0 saturated heterocycles. The summed E-state index contributed by atoms with van der Waals surface area (Å²) < 4.78 is 31.8. The molecule has 1 aromatic heterocycles. The van der Waals surface area contributed by atoms with E-state index in [1.807, 2.05) is 0 Å². The Hall–Kier alpha value is -1.86. The Bertz CT molecular complexity index is 695. The number of hydrogen-bond donors (Lipinski definition) is 2. The maximum absolute atomic E-state index is 11.6. The number of H-pyrrole nitrogens is 1. The molecule has 0 atom stereocenters. The van der Waals surface area contributed by atoms with E-state index in [2.05, 4.69) is 5.10 Å². The van der Waals surface area contributed by atoms with Gasteiger partial charge in [0.1, 0.15) is 0 Å². The van der Waals surface area contributed by atoms with Gasteiger partial charge in [-0.1, -0.05) is 12.1 Å². The van der Waals surface area contributed by atoms with Gasteiger partial charge in [-0.2, -0.15) is 8.42 Å². The predicted molar refractivity (Wildman–Crippen MR) is 61.3 cm³/mol. The molecule has 0 aliphatic heterocycles. The van der Waals surface area contributed by atoms with Crippen LogP contribution in [0.25, 0.3) is 11.1 Å². The third kappa shape index (κ3) is 2.15. The average Bonchev–Trinajstić information content (AvgIpc) is 2.59. The van der Waals surface area contributed by atoms with Crippen LogP contribution in [0.15, 0.2) is 40.2 Å². The van der Waals surface area contributed by atoms with E-state index in [-0.39, 0.29) is 10.5 Å². The summed E-state index contributed by atoms with van der Waals surface area (Å²) in [6.45, 7) is 0. The first-order chi connectivity index (χ1) is 7.89. The van der Waals surface area contributed by atoms with Crippen LogP contribution in [0.5, 0.6) is 0 Å². The molecule has 90 valence electrons. The van der Waals surface area contributed by atoms with Crippen LogP contribution in [0, 0.1) is 0 Å². The van der Waals surface area contributed by atoms with Gasteiger partial charge in [0.2, 0.25) is 0 Å². The lowest BCUT2D eigenvalue weighted by molar-refractivity contribution is 0.483. The minimum absolute atomic E-state index is 0.200. The topological polar surface area (TPSA) is 92.2 Å². The van der Waals surface area contributed by atoms with Crippen LogP contribution in [-0.2, 0) is 17.2 Å². The molecule has 2 N–H and O–H groups in total. The second-order valence-electron chi connectivity index (χ2n) is 3.55. The Labute approximate surface area is 97.3 Å². The molecule has 0 aliphatic rings. The normalized spacial score (nSPS) is 11.6. The molecule has 6 nitrogen and oxygen atoms in total. The second-order valence-corrected chi connectivity index (χ2v) is 4.97. The summed E-state index contributed by atoms with van der Waals surface area (Å²) in [6.07, 6.45) is 1.53. The zero-order valence-electron chi connectivity index (χ0n) is 8.91. The van der Waals surface area contributed by atoms with Crippen LogP contribution < -0.4 is 5.56 Å². The third-order valence-electron chi connectivity index (χ3n) is 2.40. The van der Waals surface area contributed by atoms with E-state index in [0.717, 1.165) is 0 Å². The molecule has 0 amide bonds. The fraction of sp³-hybridized carbons (Fsp3) is 0.100. The Morgan fingerprint density at radius 1 is 1.24 bits per heavy atom. The van der Waals surface area contributed by atoms with Gasteiger partial charge in [0, 0.05) is 13.2 Å². The number of aryl methyl sites for hydroxylation is 1. The lowest BCUT2D eigenvalue weighted by Crippen LogP contribution is -2.13. The molecule has 2 aromatic rings. The maximum Gasteiger partial charge on any atom is 0.294 e. The van der Waals surface area contributed by atoms with Crippen molar-refractivity contribution < 1.29 is 13.0 Å². The van der Waals surface area contributed by atoms with E-state index < -0.39 is 10.1 Å². The van der Waals surface area contributed by atoms with Crippen molar-refractivity contribution >= 4 is 10.1 Å². The monoisotopic (exact) mass is 254 g/mol. The number of rotatable bonds is 2. The Balaban J connectivity index is 2.50. The molecular weight excluding hydrogens is 244 g/mol. The summed E-state index contributed by atoms with van der Waals surface area (Å²) in [5.41, 5.74) is 0.818. The van der Waals surface area contributed by atoms with Crippen LogP contribution in [0.3, 0.4) is 0 Å². The van der Waals surface area contributed by atoms with E-state index in [1.54, 1.807) is 7.05 Å². The number of nitrogens with zero attached hydrogens (tertiary/aromatic N) is 1. The molecule has 0 radical (unpaired) electrons. The highest BCUT2D eigenvalue weighted by Gasteiger charge is 2.11. The number of aromatic nitrogens is 2. The van der Waals surface area contributed by atoms with Gasteiger partial charge in [0.05, 0.1) is 10.5 Å². The average molecular weight is 254 g/mol. The maximum atomic E-state index is 11.6. The van der Waals surface area contributed by atoms with Gasteiger partial charge >= 0.3 is 0 Å². The van der Waals surface area contributed by atoms with Gasteiger partial charge in [-0.25, -0.2) is 0 Å². The van der Waals surface area contributed by atoms with E-state index in [9.17, 15) is 13.2 Å². The highest BCUT2D eigenvalue weighted by Crippen LogP contribution is 2.17. The van der Waals surface area contributed by atoms with Crippen molar-refractivity contribution in [3.05, 3.63) is 40.8 Å². The largest absolute Gasteiger partial charge is 0.303 e. The molecule has 0 saturated carbocycles. The summed E-state index contributed by atoms with van der Waals surface area (Å²) in [4.78, 5) is 11.4. The predicted octanol–water partition coefficient (Wildman–Crippen LogP) is 0.627. The second kappa shape index (κ2) is 3.86. The first kappa shape index (κ1) is 11.6. The van der Waals surface area contributed by atoms with Crippen molar-refractivity contribution in [1.29, 1.82) is 0 Å². The summed E-state index contributed by atoms with van der Waals surface area (Å²) in [6, 6.07) is 5.43. The zero-order valence-corrected chi connectivity index (χ0v) is 9.73. The SMILES string of the molecule is Cn1[nH]cc(-c2ccc(S(=O)(=O)O)cc2)c1=O. The minimum atomic E-state index is -4.20. The highest BCUT2D eigenvalue weighted by atomic mass is 32.2. The smallest absolute Gasteiger partial charge is 0.294 e. The molecule has 0 unspecified atom stereocenters. The fourth-order valence-corrected chi connectivity index (χ4v) is 1.96. The molecule has 0 aliphatic carbocycles. The quantitative estimate of drug-likeness (QED) is 0.769. The van der Waals surface area contributed by atoms with Gasteiger partial charge in [-0.3, -0.25) is 14.0 Å². The Morgan fingerprint density at radius 3 is 2.24 bits per heavy atom. The van der Waals surface area contributed by atoms with Crippen molar-refractivity contribution in [1.82, 2.24) is 9.78 Å². The first-order valence-corrected chi connectivity index (χ1v) is 6.16. The van der Waals surface area contributed by atoms with Crippen molar-refractivity contribution in [2.75, 3.05) is 0 Å². The Kier molecular flexibility index (Phi) is 2.64. The molecule has 1 aromatic carbocycles. The lowest BCUT2D eigenvalue weighted by Gasteiger charge is -1.98. The standard InChI is InChI=1S/C10H10N2O4S/c1-12-10(13)9(6-11-12)7-2-4-8(5-3-7)17(14,15)16/h2-6,11H,1H3,(H,14,15,16). The summed E-state index contributed by atoms with van der Waals surface area (Å²) in [5.74, 6) is 0. The molecule has 0 bridgehead atoms. The molecule has 0 fully saturated rings. The third-order valence-corrected chi connectivity index (χ3v) is 3.27. The van der Waals surface area contributed by atoms with Crippen LogP contribution in [0.2, 0.25) is 0 Å². The van der Waals surface area contributed by atoms with Crippen LogP contribution in [0.1, 0.15) is 0 Å². The van der Waals surface area contributed by atoms with Gasteiger partial charge in [-0.05, 0) is 17.7 Å². The van der Waals surface area contributed by atoms with E-state index in [0.29, 0.717) is 11.1 Å².